The normalized spacial score (nSPS) is 14.7. The van der Waals surface area contributed by atoms with Gasteiger partial charge in [0.05, 0.1) is 21.4 Å². The lowest BCUT2D eigenvalue weighted by molar-refractivity contribution is -0.131. The monoisotopic (exact) mass is 807 g/mol. The number of nitrogens with one attached hydrogen (secondary N) is 1. The van der Waals surface area contributed by atoms with E-state index in [1.54, 1.807) is 65.8 Å². The van der Waals surface area contributed by atoms with Gasteiger partial charge in [-0.25, -0.2) is 23.4 Å². The molecule has 1 aliphatic carbocycles. The Bertz CT molecular complexity index is 2190. The number of anilines is 3. The van der Waals surface area contributed by atoms with E-state index in [1.807, 2.05) is 13.8 Å². The standard InChI is InChI=1S/C42H51F2N5O7S/c1-23-16-26(10-13-30(23)24(2)22-50)35(38(51)48(9)21-27-17-28(45)19-33(44)36(27)57(54)29-11-12-29)47-34-18-25-14-15-46-37(31(25)20-32(34)43)49(39(52)55-41(3,4)5)40(53)56-42(6,7)8/h10,13-20,24,29,35,47,50H,11-12,21-22,45H2,1-9H3. The lowest BCUT2D eigenvalue weighted by Crippen LogP contribution is -2.44. The zero-order valence-corrected chi connectivity index (χ0v) is 34.6. The summed E-state index contributed by atoms with van der Waals surface area (Å²) in [7, 11) is -0.126. The Kier molecular flexibility index (Phi) is 12.6. The highest BCUT2D eigenvalue weighted by atomic mass is 32.2. The van der Waals surface area contributed by atoms with Crippen molar-refractivity contribution in [2.75, 3.05) is 29.6 Å². The molecule has 12 nitrogen and oxygen atoms in total. The number of aromatic nitrogens is 1. The van der Waals surface area contributed by atoms with E-state index in [2.05, 4.69) is 10.3 Å². The largest absolute Gasteiger partial charge is 0.443 e. The van der Waals surface area contributed by atoms with E-state index in [0.29, 0.717) is 34.3 Å². The number of carbonyl (C=O) groups is 3. The molecule has 306 valence electrons. The summed E-state index contributed by atoms with van der Waals surface area (Å²) >= 11 is 0. The van der Waals surface area contributed by atoms with E-state index < -0.39 is 57.8 Å². The highest BCUT2D eigenvalue weighted by molar-refractivity contribution is 7.86. The highest BCUT2D eigenvalue weighted by Crippen LogP contribution is 2.36. The van der Waals surface area contributed by atoms with Gasteiger partial charge in [-0.2, -0.15) is 4.90 Å². The predicted octanol–water partition coefficient (Wildman–Crippen LogP) is 8.26. The number of nitrogens with zero attached hydrogens (tertiary/aromatic N) is 3. The quantitative estimate of drug-likeness (QED) is 0.126. The zero-order valence-electron chi connectivity index (χ0n) is 33.7. The summed E-state index contributed by atoms with van der Waals surface area (Å²) in [5, 5.41) is 13.1. The Labute approximate surface area is 334 Å². The summed E-state index contributed by atoms with van der Waals surface area (Å²) in [5.41, 5.74) is 6.44. The smallest absolute Gasteiger partial charge is 0.425 e. The summed E-state index contributed by atoms with van der Waals surface area (Å²) in [6.07, 6.45) is 0.597. The molecule has 3 unspecified atom stereocenters. The molecule has 0 radical (unpaired) electrons. The van der Waals surface area contributed by atoms with Crippen LogP contribution in [0, 0.1) is 18.6 Å². The van der Waals surface area contributed by atoms with Crippen molar-refractivity contribution < 1.29 is 42.0 Å². The van der Waals surface area contributed by atoms with Gasteiger partial charge in [0.2, 0.25) is 5.91 Å². The first-order chi connectivity index (χ1) is 26.6. The molecule has 0 aliphatic heterocycles. The van der Waals surface area contributed by atoms with E-state index in [-0.39, 0.29) is 51.8 Å². The highest BCUT2D eigenvalue weighted by Gasteiger charge is 2.36. The number of rotatable bonds is 11. The average Bonchev–Trinajstić information content (AvgIpc) is 3.94. The first-order valence-electron chi connectivity index (χ1n) is 18.6. The summed E-state index contributed by atoms with van der Waals surface area (Å²) in [6.45, 7) is 13.3. The van der Waals surface area contributed by atoms with Crippen LogP contribution in [0.5, 0.6) is 0 Å². The van der Waals surface area contributed by atoms with Gasteiger partial charge in [0.1, 0.15) is 28.9 Å². The van der Waals surface area contributed by atoms with Crippen molar-refractivity contribution in [3.8, 4) is 0 Å². The van der Waals surface area contributed by atoms with Crippen LogP contribution in [0.3, 0.4) is 0 Å². The lowest BCUT2D eigenvalue weighted by atomic mass is 9.93. The maximum atomic E-state index is 16.4. The molecule has 1 saturated carbocycles. The van der Waals surface area contributed by atoms with Gasteiger partial charge in [-0.15, -0.1) is 0 Å². The number of fused-ring (bicyclic) bond motifs is 1. The number of imide groups is 1. The van der Waals surface area contributed by atoms with Crippen LogP contribution in [0.15, 0.2) is 59.6 Å². The van der Waals surface area contributed by atoms with Gasteiger partial charge in [-0.05, 0) is 119 Å². The third kappa shape index (κ3) is 10.2. The van der Waals surface area contributed by atoms with Crippen molar-refractivity contribution in [1.82, 2.24) is 9.88 Å². The average molecular weight is 808 g/mol. The predicted molar refractivity (Wildman–Crippen MR) is 216 cm³/mol. The van der Waals surface area contributed by atoms with Gasteiger partial charge < -0.3 is 30.5 Å². The third-order valence-corrected chi connectivity index (χ3v) is 11.1. The summed E-state index contributed by atoms with van der Waals surface area (Å²) in [6, 6.07) is 10.8. The molecule has 0 bridgehead atoms. The SMILES string of the molecule is Cc1cc(C(Nc2cc3ccnc(N(C(=O)OC(C)(C)C)C(=O)OC(C)(C)C)c3cc2F)C(=O)N(C)Cc2cc(N)cc(F)c2S(=O)C2CC2)ccc1C(C)CO. The maximum Gasteiger partial charge on any atom is 0.425 e. The minimum Gasteiger partial charge on any atom is -0.443 e. The molecule has 3 atom stereocenters. The second-order valence-electron chi connectivity index (χ2n) is 16.4. The molecule has 57 heavy (non-hydrogen) atoms. The molecule has 1 aliphatic rings. The van der Waals surface area contributed by atoms with Crippen molar-refractivity contribution in [2.45, 2.75) is 108 Å². The molecule has 1 fully saturated rings. The van der Waals surface area contributed by atoms with Crippen LogP contribution in [0.2, 0.25) is 0 Å². The third-order valence-electron chi connectivity index (χ3n) is 9.13. The number of amides is 3. The van der Waals surface area contributed by atoms with Crippen LogP contribution in [0.25, 0.3) is 10.8 Å². The second kappa shape index (κ2) is 16.8. The van der Waals surface area contributed by atoms with Gasteiger partial charge in [0.25, 0.3) is 0 Å². The van der Waals surface area contributed by atoms with Gasteiger partial charge >= 0.3 is 12.2 Å². The molecular formula is C42H51F2N5O7S. The number of hydrogen-bond donors (Lipinski definition) is 3. The Morgan fingerprint density at radius 2 is 1.61 bits per heavy atom. The van der Waals surface area contributed by atoms with Crippen molar-refractivity contribution in [1.29, 1.82) is 0 Å². The molecular weight excluding hydrogens is 757 g/mol. The van der Waals surface area contributed by atoms with Gasteiger partial charge in [0, 0.05) is 48.6 Å². The molecule has 4 N–H and O–H groups in total. The zero-order chi connectivity index (χ0) is 42.1. The fraction of sp³-hybridized carbons (Fsp3) is 0.429. The Balaban J connectivity index is 1.58. The van der Waals surface area contributed by atoms with E-state index in [0.717, 1.165) is 23.3 Å². The number of benzene rings is 3. The Morgan fingerprint density at radius 3 is 2.18 bits per heavy atom. The Hall–Kier alpha value is -5.15. The number of aliphatic hydroxyl groups is 1. The van der Waals surface area contributed by atoms with Crippen LogP contribution in [-0.4, -0.2) is 67.4 Å². The number of halogens is 2. The van der Waals surface area contributed by atoms with Gasteiger partial charge in [0.15, 0.2) is 5.82 Å². The summed E-state index contributed by atoms with van der Waals surface area (Å²) in [5.74, 6) is -2.49. The van der Waals surface area contributed by atoms with Gasteiger partial charge in [-0.3, -0.25) is 9.00 Å². The number of aryl methyl sites for hydroxylation is 1. The number of hydrogen-bond acceptors (Lipinski definition) is 10. The van der Waals surface area contributed by atoms with Gasteiger partial charge in [-0.1, -0.05) is 25.1 Å². The minimum absolute atomic E-state index is 0.00541. The number of carbonyl (C=O) groups excluding carboxylic acids is 3. The van der Waals surface area contributed by atoms with E-state index in [9.17, 15) is 23.7 Å². The number of nitrogens with two attached hydrogens (primary N) is 1. The fourth-order valence-corrected chi connectivity index (χ4v) is 7.85. The maximum absolute atomic E-state index is 16.4. The minimum atomic E-state index is -1.63. The molecule has 3 amide bonds. The number of likely N-dealkylation sites (N-methyl/N-ethyl adjacent to an activating group) is 1. The topological polar surface area (TPSA) is 164 Å². The first-order valence-corrected chi connectivity index (χ1v) is 19.9. The van der Waals surface area contributed by atoms with E-state index in [4.69, 9.17) is 15.2 Å². The molecule has 1 heterocycles. The van der Waals surface area contributed by atoms with Crippen LogP contribution >= 0.6 is 0 Å². The number of nitrogen functional groups attached to an aromatic ring is 1. The molecule has 3 aromatic carbocycles. The second-order valence-corrected chi connectivity index (χ2v) is 18.1. The number of ether oxygens (including phenoxy) is 2. The summed E-state index contributed by atoms with van der Waals surface area (Å²) in [4.78, 5) is 47.6. The van der Waals surface area contributed by atoms with Crippen LogP contribution < -0.4 is 16.0 Å². The van der Waals surface area contributed by atoms with E-state index >= 15 is 8.78 Å². The molecule has 1 aromatic heterocycles. The van der Waals surface area contributed by atoms with Crippen molar-refractivity contribution in [3.63, 3.8) is 0 Å². The number of pyridine rings is 1. The molecule has 0 spiro atoms. The molecule has 15 heteroatoms. The van der Waals surface area contributed by atoms with Crippen molar-refractivity contribution >= 4 is 56.9 Å². The van der Waals surface area contributed by atoms with E-state index in [1.165, 1.54) is 30.3 Å². The van der Waals surface area contributed by atoms with Crippen LogP contribution in [0.1, 0.15) is 95.5 Å². The molecule has 4 aromatic rings. The van der Waals surface area contributed by atoms with Crippen molar-refractivity contribution in [2.24, 2.45) is 0 Å². The summed E-state index contributed by atoms with van der Waals surface area (Å²) < 4.78 is 56.0. The number of aliphatic hydroxyl groups excluding tert-OH is 1. The lowest BCUT2D eigenvalue weighted by Gasteiger charge is -2.29. The van der Waals surface area contributed by atoms with Crippen LogP contribution in [0.4, 0.5) is 35.6 Å². The fourth-order valence-electron chi connectivity index (χ4n) is 6.32. The first kappa shape index (κ1) is 43.0. The van der Waals surface area contributed by atoms with Crippen molar-refractivity contribution in [3.05, 3.63) is 88.6 Å². The Morgan fingerprint density at radius 1 is 0.982 bits per heavy atom. The molecule has 5 rings (SSSR count). The molecule has 0 saturated heterocycles. The van der Waals surface area contributed by atoms with Crippen LogP contribution in [-0.2, 0) is 31.6 Å².